The molecular weight excluding hydrogens is 202 g/mol. The second-order valence-electron chi connectivity index (χ2n) is 4.30. The number of aliphatic hydroxyl groups is 1. The van der Waals surface area contributed by atoms with Gasteiger partial charge in [0.1, 0.15) is 0 Å². The van der Waals surface area contributed by atoms with E-state index in [2.05, 4.69) is 24.3 Å². The van der Waals surface area contributed by atoms with Gasteiger partial charge >= 0.3 is 0 Å². The van der Waals surface area contributed by atoms with Crippen LogP contribution in [0.5, 0.6) is 0 Å². The van der Waals surface area contributed by atoms with Crippen molar-refractivity contribution in [3.63, 3.8) is 0 Å². The van der Waals surface area contributed by atoms with Crippen LogP contribution in [0.1, 0.15) is 31.0 Å². The maximum absolute atomic E-state index is 8.89. The Kier molecular flexibility index (Phi) is 5.49. The molecule has 1 rings (SSSR count). The van der Waals surface area contributed by atoms with Gasteiger partial charge in [-0.2, -0.15) is 5.10 Å². The third-order valence-electron chi connectivity index (χ3n) is 3.20. The smallest absolute Gasteiger partial charge is 0.0537 e. The highest BCUT2D eigenvalue weighted by molar-refractivity contribution is 5.15. The Hall–Kier alpha value is -0.870. The van der Waals surface area contributed by atoms with Crippen molar-refractivity contribution in [1.29, 1.82) is 0 Å². The second kappa shape index (κ2) is 6.66. The number of rotatable bonds is 7. The molecule has 1 aromatic heterocycles. The van der Waals surface area contributed by atoms with Gasteiger partial charge in [0.25, 0.3) is 0 Å². The average molecular weight is 225 g/mol. The van der Waals surface area contributed by atoms with E-state index in [0.717, 1.165) is 25.9 Å². The van der Waals surface area contributed by atoms with E-state index in [4.69, 9.17) is 5.11 Å². The van der Waals surface area contributed by atoms with E-state index in [0.29, 0.717) is 5.92 Å². The number of hydrogen-bond acceptors (Lipinski definition) is 3. The van der Waals surface area contributed by atoms with Gasteiger partial charge in [0.05, 0.1) is 6.20 Å². The lowest BCUT2D eigenvalue weighted by Crippen LogP contribution is -2.23. The quantitative estimate of drug-likeness (QED) is 0.734. The van der Waals surface area contributed by atoms with Crippen LogP contribution >= 0.6 is 0 Å². The Morgan fingerprint density at radius 2 is 2.31 bits per heavy atom. The first-order valence-corrected chi connectivity index (χ1v) is 5.98. The number of hydrogen-bond donors (Lipinski definition) is 2. The van der Waals surface area contributed by atoms with Crippen molar-refractivity contribution in [3.8, 4) is 0 Å². The zero-order valence-corrected chi connectivity index (χ0v) is 10.5. The van der Waals surface area contributed by atoms with Gasteiger partial charge in [0.15, 0.2) is 0 Å². The van der Waals surface area contributed by atoms with E-state index in [-0.39, 0.29) is 6.61 Å². The Labute approximate surface area is 97.7 Å². The molecule has 1 atom stereocenters. The average Bonchev–Trinajstić information content (AvgIpc) is 2.59. The fraction of sp³-hybridized carbons (Fsp3) is 0.750. The zero-order chi connectivity index (χ0) is 12.0. The van der Waals surface area contributed by atoms with E-state index >= 15 is 0 Å². The Balaban J connectivity index is 2.32. The summed E-state index contributed by atoms with van der Waals surface area (Å²) in [5.74, 6) is 0.571. The highest BCUT2D eigenvalue weighted by Crippen LogP contribution is 2.08. The Morgan fingerprint density at radius 3 is 2.81 bits per heavy atom. The van der Waals surface area contributed by atoms with E-state index < -0.39 is 0 Å². The highest BCUT2D eigenvalue weighted by Gasteiger charge is 2.06. The minimum Gasteiger partial charge on any atom is -0.396 e. The maximum Gasteiger partial charge on any atom is 0.0537 e. The molecule has 0 aliphatic heterocycles. The molecule has 1 aromatic rings. The largest absolute Gasteiger partial charge is 0.396 e. The molecule has 0 radical (unpaired) electrons. The monoisotopic (exact) mass is 225 g/mol. The third-order valence-corrected chi connectivity index (χ3v) is 3.20. The summed E-state index contributed by atoms with van der Waals surface area (Å²) >= 11 is 0. The summed E-state index contributed by atoms with van der Waals surface area (Å²) in [6.07, 6.45) is 3.91. The van der Waals surface area contributed by atoms with Crippen LogP contribution in [0.15, 0.2) is 6.20 Å². The molecule has 0 fully saturated rings. The summed E-state index contributed by atoms with van der Waals surface area (Å²) < 4.78 is 1.89. The molecule has 2 N–H and O–H groups in total. The first kappa shape index (κ1) is 13.2. The Bertz CT molecular complexity index is 309. The van der Waals surface area contributed by atoms with Crippen molar-refractivity contribution in [2.45, 2.75) is 33.2 Å². The van der Waals surface area contributed by atoms with Crippen molar-refractivity contribution < 1.29 is 5.11 Å². The maximum atomic E-state index is 8.89. The lowest BCUT2D eigenvalue weighted by atomic mass is 10.0. The summed E-state index contributed by atoms with van der Waals surface area (Å²) in [6, 6.07) is 0. The molecule has 0 aliphatic carbocycles. The predicted molar refractivity (Wildman–Crippen MR) is 65.1 cm³/mol. The predicted octanol–water partition coefficient (Wildman–Crippen LogP) is 1.23. The topological polar surface area (TPSA) is 50.1 Å². The van der Waals surface area contributed by atoms with E-state index in [9.17, 15) is 0 Å². The van der Waals surface area contributed by atoms with Crippen LogP contribution in [0, 0.1) is 12.8 Å². The van der Waals surface area contributed by atoms with Gasteiger partial charge < -0.3 is 10.4 Å². The van der Waals surface area contributed by atoms with Gasteiger partial charge in [-0.3, -0.25) is 4.68 Å². The van der Waals surface area contributed by atoms with Gasteiger partial charge in [0, 0.05) is 31.5 Å². The highest BCUT2D eigenvalue weighted by atomic mass is 16.3. The second-order valence-corrected chi connectivity index (χ2v) is 4.30. The van der Waals surface area contributed by atoms with Crippen LogP contribution in [0.3, 0.4) is 0 Å². The molecule has 1 unspecified atom stereocenters. The lowest BCUT2D eigenvalue weighted by Gasteiger charge is -2.14. The number of nitrogens with one attached hydrogen (secondary N) is 1. The van der Waals surface area contributed by atoms with Crippen molar-refractivity contribution in [2.75, 3.05) is 13.2 Å². The standard InChI is InChI=1S/C12H23N3O/c1-4-11(5-6-16)7-13-8-12-9-14-15(3)10(12)2/h9,11,13,16H,4-8H2,1-3H3. The van der Waals surface area contributed by atoms with Gasteiger partial charge in [0.2, 0.25) is 0 Å². The number of aromatic nitrogens is 2. The van der Waals surface area contributed by atoms with Crippen molar-refractivity contribution in [1.82, 2.24) is 15.1 Å². The van der Waals surface area contributed by atoms with Crippen LogP contribution in [0.25, 0.3) is 0 Å². The van der Waals surface area contributed by atoms with E-state index in [1.165, 1.54) is 11.3 Å². The molecule has 0 amide bonds. The summed E-state index contributed by atoms with van der Waals surface area (Å²) in [5.41, 5.74) is 2.46. The van der Waals surface area contributed by atoms with Crippen LogP contribution in [-0.2, 0) is 13.6 Å². The molecule has 0 saturated heterocycles. The van der Waals surface area contributed by atoms with Gasteiger partial charge in [-0.1, -0.05) is 13.3 Å². The van der Waals surface area contributed by atoms with E-state index in [1.807, 2.05) is 17.9 Å². The first-order chi connectivity index (χ1) is 7.69. The zero-order valence-electron chi connectivity index (χ0n) is 10.5. The fourth-order valence-corrected chi connectivity index (χ4v) is 1.76. The minimum absolute atomic E-state index is 0.284. The van der Waals surface area contributed by atoms with E-state index in [1.54, 1.807) is 0 Å². The number of aryl methyl sites for hydroxylation is 1. The first-order valence-electron chi connectivity index (χ1n) is 5.98. The van der Waals surface area contributed by atoms with Gasteiger partial charge in [-0.15, -0.1) is 0 Å². The fourth-order valence-electron chi connectivity index (χ4n) is 1.76. The summed E-state index contributed by atoms with van der Waals surface area (Å²) in [4.78, 5) is 0. The molecular formula is C12H23N3O. The Morgan fingerprint density at radius 1 is 1.56 bits per heavy atom. The third kappa shape index (κ3) is 3.61. The molecule has 0 saturated carbocycles. The van der Waals surface area contributed by atoms with Crippen LogP contribution in [-0.4, -0.2) is 28.0 Å². The van der Waals surface area contributed by atoms with Crippen LogP contribution < -0.4 is 5.32 Å². The number of aliphatic hydroxyl groups excluding tert-OH is 1. The molecule has 4 heteroatoms. The molecule has 92 valence electrons. The van der Waals surface area contributed by atoms with Gasteiger partial charge in [-0.25, -0.2) is 0 Å². The summed E-state index contributed by atoms with van der Waals surface area (Å²) in [6.45, 7) is 6.35. The van der Waals surface area contributed by atoms with Crippen molar-refractivity contribution >= 4 is 0 Å². The van der Waals surface area contributed by atoms with Crippen molar-refractivity contribution in [3.05, 3.63) is 17.5 Å². The molecule has 0 spiro atoms. The normalized spacial score (nSPS) is 13.0. The van der Waals surface area contributed by atoms with Crippen LogP contribution in [0.2, 0.25) is 0 Å². The lowest BCUT2D eigenvalue weighted by molar-refractivity contribution is 0.251. The molecule has 1 heterocycles. The SMILES string of the molecule is CCC(CCO)CNCc1cnn(C)c1C. The molecule has 4 nitrogen and oxygen atoms in total. The molecule has 0 aromatic carbocycles. The number of nitrogens with zero attached hydrogens (tertiary/aromatic N) is 2. The molecule has 0 aliphatic rings. The molecule has 16 heavy (non-hydrogen) atoms. The van der Waals surface area contributed by atoms with Crippen molar-refractivity contribution in [2.24, 2.45) is 13.0 Å². The van der Waals surface area contributed by atoms with Gasteiger partial charge in [-0.05, 0) is 25.8 Å². The molecule has 0 bridgehead atoms. The summed E-state index contributed by atoms with van der Waals surface area (Å²) in [5, 5.41) is 16.5. The van der Waals surface area contributed by atoms with Crippen LogP contribution in [0.4, 0.5) is 0 Å². The summed E-state index contributed by atoms with van der Waals surface area (Å²) in [7, 11) is 1.96. The minimum atomic E-state index is 0.284.